The molecule has 0 amide bonds. The van der Waals surface area contributed by atoms with Crippen LogP contribution < -0.4 is 4.73 Å². The molecule has 2 heteroatoms. The molecule has 0 aliphatic rings. The average molecular weight is 270 g/mol. The first-order valence-corrected chi connectivity index (χ1v) is 7.15. The maximum atomic E-state index is 10.3. The van der Waals surface area contributed by atoms with Crippen LogP contribution in [0.25, 0.3) is 11.3 Å². The Balaban J connectivity index is 2.46. The van der Waals surface area contributed by atoms with Crippen LogP contribution in [0.1, 0.15) is 51.7 Å². The van der Waals surface area contributed by atoms with E-state index in [-0.39, 0.29) is 5.41 Å². The molecule has 1 aromatic carbocycles. The Hall–Kier alpha value is -1.83. The first-order chi connectivity index (χ1) is 9.29. The van der Waals surface area contributed by atoms with Crippen molar-refractivity contribution in [3.63, 3.8) is 0 Å². The first-order valence-electron chi connectivity index (χ1n) is 7.15. The largest absolute Gasteiger partial charge is 0.285 e. The molecule has 0 saturated carbocycles. The smallest absolute Gasteiger partial charge is 0.264 e. The summed E-state index contributed by atoms with van der Waals surface area (Å²) in [6, 6.07) is 12.4. The molecule has 0 aliphatic carbocycles. The van der Waals surface area contributed by atoms with Gasteiger partial charge >= 0.3 is 0 Å². The van der Waals surface area contributed by atoms with E-state index in [9.17, 15) is 5.21 Å². The predicted octanol–water partition coefficient (Wildman–Crippen LogP) is 4.30. The van der Waals surface area contributed by atoms with Gasteiger partial charge in [-0.05, 0) is 35.1 Å². The fraction of sp³-hybridized carbons (Fsp3) is 0.389. The van der Waals surface area contributed by atoms with E-state index in [1.165, 1.54) is 10.3 Å². The zero-order valence-corrected chi connectivity index (χ0v) is 13.0. The normalized spacial score (nSPS) is 11.9. The van der Waals surface area contributed by atoms with Crippen LogP contribution in [0, 0.1) is 0 Å². The Kier molecular flexibility index (Phi) is 3.85. The van der Waals surface area contributed by atoms with Crippen LogP contribution in [-0.2, 0) is 5.41 Å². The van der Waals surface area contributed by atoms with Gasteiger partial charge in [0.25, 0.3) is 5.69 Å². The van der Waals surface area contributed by atoms with Crippen molar-refractivity contribution in [2.75, 3.05) is 0 Å². The highest BCUT2D eigenvalue weighted by atomic mass is 16.5. The second-order valence-electron chi connectivity index (χ2n) is 6.68. The summed E-state index contributed by atoms with van der Waals surface area (Å²) in [7, 11) is 0. The summed E-state index contributed by atoms with van der Waals surface area (Å²) in [5.41, 5.74) is 4.29. The molecule has 2 aromatic rings. The minimum atomic E-state index is 0.0305. The number of aromatic nitrogens is 1. The zero-order chi connectivity index (χ0) is 14.9. The van der Waals surface area contributed by atoms with Gasteiger partial charge in [-0.1, -0.05) is 46.8 Å². The third-order valence-corrected chi connectivity index (χ3v) is 3.64. The van der Waals surface area contributed by atoms with Gasteiger partial charge in [0.05, 0.1) is 5.56 Å². The van der Waals surface area contributed by atoms with E-state index in [1.807, 2.05) is 18.2 Å². The van der Waals surface area contributed by atoms with E-state index < -0.39 is 0 Å². The van der Waals surface area contributed by atoms with Crippen molar-refractivity contribution in [1.82, 2.24) is 0 Å². The number of hydrogen-bond acceptors (Lipinski definition) is 1. The molecule has 1 heterocycles. The van der Waals surface area contributed by atoms with Crippen molar-refractivity contribution in [3.8, 4) is 11.3 Å². The number of rotatable bonds is 2. The monoisotopic (exact) mass is 270 g/mol. The fourth-order valence-electron chi connectivity index (χ4n) is 2.22. The molecule has 1 aromatic heterocycles. The van der Waals surface area contributed by atoms with Crippen LogP contribution in [0.3, 0.4) is 0 Å². The first kappa shape index (κ1) is 14.6. The molecule has 0 atom stereocenters. The van der Waals surface area contributed by atoms with Crippen LogP contribution in [0.15, 0.2) is 42.6 Å². The minimum absolute atomic E-state index is 0.0305. The lowest BCUT2D eigenvalue weighted by atomic mass is 9.88. The Morgan fingerprint density at radius 2 is 1.75 bits per heavy atom. The maximum Gasteiger partial charge on any atom is 0.264 e. The molecule has 0 spiro atoms. The topological polar surface area (TPSA) is 24.1 Å². The molecule has 0 saturated heterocycles. The second kappa shape index (κ2) is 5.28. The lowest BCUT2D eigenvalue weighted by Gasteiger charge is -2.16. The van der Waals surface area contributed by atoms with Crippen molar-refractivity contribution < 1.29 is 9.94 Å². The summed E-state index contributed by atoms with van der Waals surface area (Å²) in [4.78, 5) is 0. The molecule has 0 unspecified atom stereocenters. The van der Waals surface area contributed by atoms with Crippen molar-refractivity contribution in [3.05, 3.63) is 53.7 Å². The molecule has 1 N–H and O–H groups in total. The summed E-state index contributed by atoms with van der Waals surface area (Å²) in [6.45, 7) is 10.8. The molecule has 0 radical (unpaired) electrons. The van der Waals surface area contributed by atoms with Gasteiger partial charge in [0.2, 0.25) is 6.20 Å². The molecule has 0 bridgehead atoms. The highest BCUT2D eigenvalue weighted by Crippen LogP contribution is 2.25. The number of nitrogens with zero attached hydrogens (tertiary/aromatic N) is 1. The van der Waals surface area contributed by atoms with Crippen LogP contribution in [0.2, 0.25) is 0 Å². The van der Waals surface area contributed by atoms with Crippen molar-refractivity contribution in [1.29, 1.82) is 0 Å². The quantitative estimate of drug-likeness (QED) is 0.638. The summed E-state index contributed by atoms with van der Waals surface area (Å²) in [6.07, 6.45) is 1.80. The van der Waals surface area contributed by atoms with Crippen molar-refractivity contribution in [2.24, 2.45) is 0 Å². The highest BCUT2D eigenvalue weighted by Gasteiger charge is 2.21. The molecule has 2 rings (SSSR count). The number of hydrogen-bond donors (Lipinski definition) is 1. The van der Waals surface area contributed by atoms with Gasteiger partial charge in [-0.25, -0.2) is 0 Å². The SMILES string of the molecule is CC(C)c1cccc(-c2ccc(C(C)(C)C)c[n+]2O)c1. The summed E-state index contributed by atoms with van der Waals surface area (Å²) in [5.74, 6) is 0.482. The van der Waals surface area contributed by atoms with Crippen molar-refractivity contribution in [2.45, 2.75) is 46.0 Å². The molecule has 20 heavy (non-hydrogen) atoms. The third kappa shape index (κ3) is 3.01. The average Bonchev–Trinajstić information content (AvgIpc) is 2.37. The Morgan fingerprint density at radius 1 is 1.05 bits per heavy atom. The summed E-state index contributed by atoms with van der Waals surface area (Å²) < 4.78 is 1.24. The lowest BCUT2D eigenvalue weighted by Crippen LogP contribution is -2.34. The van der Waals surface area contributed by atoms with Crippen LogP contribution in [-0.4, -0.2) is 5.21 Å². The third-order valence-electron chi connectivity index (χ3n) is 3.64. The fourth-order valence-corrected chi connectivity index (χ4v) is 2.22. The van der Waals surface area contributed by atoms with Gasteiger partial charge in [0.15, 0.2) is 0 Å². The Morgan fingerprint density at radius 3 is 2.30 bits per heavy atom. The lowest BCUT2D eigenvalue weighted by molar-refractivity contribution is -0.896. The van der Waals surface area contributed by atoms with E-state index in [0.717, 1.165) is 16.8 Å². The second-order valence-corrected chi connectivity index (χ2v) is 6.68. The molecule has 0 fully saturated rings. The summed E-state index contributed by atoms with van der Waals surface area (Å²) >= 11 is 0. The van der Waals surface area contributed by atoms with Gasteiger partial charge < -0.3 is 0 Å². The van der Waals surface area contributed by atoms with Gasteiger partial charge in [-0.3, -0.25) is 5.21 Å². The molecule has 106 valence electrons. The standard InChI is InChI=1S/C18H24NO/c1-13(2)14-7-6-8-15(11-14)17-10-9-16(12-19(17)20)18(3,4)5/h6-13,20H,1-5H3/q+1. The Labute approximate surface area is 121 Å². The molecular weight excluding hydrogens is 246 g/mol. The maximum absolute atomic E-state index is 10.3. The number of benzene rings is 1. The summed E-state index contributed by atoms with van der Waals surface area (Å²) in [5, 5.41) is 10.3. The van der Waals surface area contributed by atoms with Crippen LogP contribution in [0.5, 0.6) is 0 Å². The van der Waals surface area contributed by atoms with Gasteiger partial charge in [0, 0.05) is 16.4 Å². The highest BCUT2D eigenvalue weighted by molar-refractivity contribution is 5.57. The van der Waals surface area contributed by atoms with Crippen LogP contribution in [0.4, 0.5) is 0 Å². The Bertz CT molecular complexity index is 609. The van der Waals surface area contributed by atoms with Gasteiger partial charge in [-0.15, -0.1) is 0 Å². The van der Waals surface area contributed by atoms with Crippen LogP contribution >= 0.6 is 0 Å². The van der Waals surface area contributed by atoms with E-state index in [0.29, 0.717) is 5.92 Å². The predicted molar refractivity (Wildman–Crippen MR) is 82.0 cm³/mol. The molecule has 0 aliphatic heterocycles. The van der Waals surface area contributed by atoms with E-state index in [4.69, 9.17) is 0 Å². The zero-order valence-electron chi connectivity index (χ0n) is 13.0. The minimum Gasteiger partial charge on any atom is -0.285 e. The molecule has 2 nitrogen and oxygen atoms in total. The number of pyridine rings is 1. The van der Waals surface area contributed by atoms with E-state index in [1.54, 1.807) is 6.20 Å². The van der Waals surface area contributed by atoms with Gasteiger partial charge in [0.1, 0.15) is 0 Å². The van der Waals surface area contributed by atoms with Gasteiger partial charge in [-0.2, -0.15) is 0 Å². The van der Waals surface area contributed by atoms with E-state index in [2.05, 4.69) is 52.8 Å². The van der Waals surface area contributed by atoms with Crippen molar-refractivity contribution >= 4 is 0 Å². The van der Waals surface area contributed by atoms with E-state index >= 15 is 0 Å². The molecular formula is C18H24NO+.